The van der Waals surface area contributed by atoms with Crippen LogP contribution in [-0.2, 0) is 6.54 Å². The Bertz CT molecular complexity index is 480. The summed E-state index contributed by atoms with van der Waals surface area (Å²) in [6.45, 7) is 4.37. The van der Waals surface area contributed by atoms with Crippen molar-refractivity contribution in [2.45, 2.75) is 31.8 Å². The molecule has 2 saturated heterocycles. The van der Waals surface area contributed by atoms with Gasteiger partial charge in [-0.2, -0.15) is 0 Å². The van der Waals surface area contributed by atoms with Crippen LogP contribution in [0.25, 0.3) is 0 Å². The fourth-order valence-corrected chi connectivity index (χ4v) is 4.17. The highest BCUT2D eigenvalue weighted by Gasteiger charge is 2.34. The van der Waals surface area contributed by atoms with Crippen LogP contribution in [0.3, 0.4) is 0 Å². The van der Waals surface area contributed by atoms with Gasteiger partial charge >= 0.3 is 0 Å². The molecular formula is C16H22BrFN2. The first kappa shape index (κ1) is 14.5. The quantitative estimate of drug-likeness (QED) is 0.812. The summed E-state index contributed by atoms with van der Waals surface area (Å²) in [7, 11) is 2.26. The number of halogens is 2. The molecule has 1 aromatic carbocycles. The van der Waals surface area contributed by atoms with Crippen molar-refractivity contribution in [2.24, 2.45) is 5.92 Å². The van der Waals surface area contributed by atoms with Gasteiger partial charge in [-0.1, -0.05) is 12.1 Å². The number of likely N-dealkylation sites (tertiary alicyclic amines) is 2. The Balaban J connectivity index is 1.66. The molecule has 2 fully saturated rings. The topological polar surface area (TPSA) is 6.48 Å². The van der Waals surface area contributed by atoms with E-state index in [2.05, 4.69) is 32.8 Å². The van der Waals surface area contributed by atoms with E-state index in [0.29, 0.717) is 4.47 Å². The van der Waals surface area contributed by atoms with Gasteiger partial charge in [0.25, 0.3) is 0 Å². The number of fused-ring (bicyclic) bond motifs is 1. The molecule has 20 heavy (non-hydrogen) atoms. The van der Waals surface area contributed by atoms with Crippen LogP contribution in [-0.4, -0.2) is 42.5 Å². The maximum atomic E-state index is 13.6. The lowest BCUT2D eigenvalue weighted by molar-refractivity contribution is 0.0354. The SMILES string of the molecule is CN1CCCC2CN(Cc3cccc(F)c3Br)CCC21. The molecule has 0 N–H and O–H groups in total. The minimum absolute atomic E-state index is 0.158. The summed E-state index contributed by atoms with van der Waals surface area (Å²) in [4.78, 5) is 5.02. The lowest BCUT2D eigenvalue weighted by atomic mass is 9.84. The number of piperidine rings is 2. The van der Waals surface area contributed by atoms with Crippen LogP contribution >= 0.6 is 15.9 Å². The molecule has 1 aromatic rings. The highest BCUT2D eigenvalue weighted by atomic mass is 79.9. The number of benzene rings is 1. The lowest BCUT2D eigenvalue weighted by Gasteiger charge is -2.46. The molecule has 4 heteroatoms. The van der Waals surface area contributed by atoms with Gasteiger partial charge < -0.3 is 4.90 Å². The third kappa shape index (κ3) is 2.92. The first-order chi connectivity index (χ1) is 9.65. The minimum atomic E-state index is -0.158. The Labute approximate surface area is 129 Å². The monoisotopic (exact) mass is 340 g/mol. The summed E-state index contributed by atoms with van der Waals surface area (Å²) in [5.41, 5.74) is 1.06. The molecule has 0 spiro atoms. The van der Waals surface area contributed by atoms with Crippen LogP contribution in [0.2, 0.25) is 0 Å². The zero-order chi connectivity index (χ0) is 14.1. The fraction of sp³-hybridized carbons (Fsp3) is 0.625. The van der Waals surface area contributed by atoms with E-state index in [4.69, 9.17) is 0 Å². The van der Waals surface area contributed by atoms with Crippen molar-refractivity contribution in [3.8, 4) is 0 Å². The summed E-state index contributed by atoms with van der Waals surface area (Å²) < 4.78 is 14.2. The van der Waals surface area contributed by atoms with E-state index < -0.39 is 0 Å². The second-order valence-corrected chi connectivity index (χ2v) is 6.98. The predicted octanol–water partition coefficient (Wildman–Crippen LogP) is 3.50. The average molecular weight is 341 g/mol. The van der Waals surface area contributed by atoms with E-state index in [1.54, 1.807) is 6.07 Å². The van der Waals surface area contributed by atoms with Crippen molar-refractivity contribution in [2.75, 3.05) is 26.7 Å². The average Bonchev–Trinajstić information content (AvgIpc) is 2.44. The minimum Gasteiger partial charge on any atom is -0.303 e. The molecule has 0 aromatic heterocycles. The summed E-state index contributed by atoms with van der Waals surface area (Å²) in [5.74, 6) is 0.629. The normalized spacial score (nSPS) is 28.4. The van der Waals surface area contributed by atoms with Crippen LogP contribution < -0.4 is 0 Å². The number of hydrogen-bond donors (Lipinski definition) is 0. The maximum absolute atomic E-state index is 13.6. The van der Waals surface area contributed by atoms with Gasteiger partial charge in [-0.25, -0.2) is 4.39 Å². The van der Waals surface area contributed by atoms with Crippen molar-refractivity contribution >= 4 is 15.9 Å². The highest BCUT2D eigenvalue weighted by Crippen LogP contribution is 2.31. The molecule has 2 aliphatic rings. The first-order valence-electron chi connectivity index (χ1n) is 7.50. The molecule has 0 saturated carbocycles. The molecular weight excluding hydrogens is 319 g/mol. The van der Waals surface area contributed by atoms with Crippen LogP contribution in [0.5, 0.6) is 0 Å². The third-order valence-electron chi connectivity index (χ3n) is 4.86. The van der Waals surface area contributed by atoms with Crippen molar-refractivity contribution in [3.05, 3.63) is 34.1 Å². The summed E-state index contributed by atoms with van der Waals surface area (Å²) >= 11 is 3.38. The van der Waals surface area contributed by atoms with Gasteiger partial charge in [-0.15, -0.1) is 0 Å². The molecule has 2 atom stereocenters. The molecule has 0 amide bonds. The van der Waals surface area contributed by atoms with Crippen molar-refractivity contribution in [3.63, 3.8) is 0 Å². The van der Waals surface area contributed by atoms with Gasteiger partial charge in [0.1, 0.15) is 5.82 Å². The molecule has 2 aliphatic heterocycles. The van der Waals surface area contributed by atoms with Gasteiger partial charge in [0.15, 0.2) is 0 Å². The Morgan fingerprint density at radius 3 is 3.00 bits per heavy atom. The van der Waals surface area contributed by atoms with E-state index >= 15 is 0 Å². The van der Waals surface area contributed by atoms with Crippen molar-refractivity contribution < 1.29 is 4.39 Å². The van der Waals surface area contributed by atoms with Gasteiger partial charge in [0.05, 0.1) is 4.47 Å². The third-order valence-corrected chi connectivity index (χ3v) is 5.74. The van der Waals surface area contributed by atoms with E-state index in [0.717, 1.165) is 37.2 Å². The van der Waals surface area contributed by atoms with Crippen molar-refractivity contribution in [1.82, 2.24) is 9.80 Å². The Morgan fingerprint density at radius 2 is 2.15 bits per heavy atom. The lowest BCUT2D eigenvalue weighted by Crippen LogP contribution is -2.52. The van der Waals surface area contributed by atoms with E-state index in [9.17, 15) is 4.39 Å². The van der Waals surface area contributed by atoms with Gasteiger partial charge in [-0.3, -0.25) is 4.90 Å². The Hall–Kier alpha value is -0.450. The molecule has 2 nitrogen and oxygen atoms in total. The molecule has 0 radical (unpaired) electrons. The number of hydrogen-bond acceptors (Lipinski definition) is 2. The Morgan fingerprint density at radius 1 is 1.30 bits per heavy atom. The van der Waals surface area contributed by atoms with E-state index in [-0.39, 0.29) is 5.82 Å². The maximum Gasteiger partial charge on any atom is 0.137 e. The van der Waals surface area contributed by atoms with E-state index in [1.807, 2.05) is 6.07 Å². The Kier molecular flexibility index (Phi) is 4.43. The largest absolute Gasteiger partial charge is 0.303 e. The smallest absolute Gasteiger partial charge is 0.137 e. The van der Waals surface area contributed by atoms with E-state index in [1.165, 1.54) is 31.9 Å². The summed E-state index contributed by atoms with van der Waals surface area (Å²) in [5, 5.41) is 0. The number of nitrogens with zero attached hydrogens (tertiary/aromatic N) is 2. The molecule has 110 valence electrons. The summed E-state index contributed by atoms with van der Waals surface area (Å²) in [6.07, 6.45) is 3.90. The van der Waals surface area contributed by atoms with Gasteiger partial charge in [0, 0.05) is 19.1 Å². The standard InChI is InChI=1S/C16H22BrFN2/c1-19-8-3-5-12-10-20(9-7-15(12)19)11-13-4-2-6-14(18)16(13)17/h2,4,6,12,15H,3,5,7-11H2,1H3. The first-order valence-corrected chi connectivity index (χ1v) is 8.30. The predicted molar refractivity (Wildman–Crippen MR) is 83.1 cm³/mol. The second-order valence-electron chi connectivity index (χ2n) is 6.19. The van der Waals surface area contributed by atoms with Crippen molar-refractivity contribution in [1.29, 1.82) is 0 Å². The molecule has 0 aliphatic carbocycles. The van der Waals surface area contributed by atoms with Crippen LogP contribution in [0.15, 0.2) is 22.7 Å². The number of rotatable bonds is 2. The highest BCUT2D eigenvalue weighted by molar-refractivity contribution is 9.10. The molecule has 0 bridgehead atoms. The van der Waals surface area contributed by atoms with Gasteiger partial charge in [0.2, 0.25) is 0 Å². The zero-order valence-electron chi connectivity index (χ0n) is 12.0. The van der Waals surface area contributed by atoms with Crippen LogP contribution in [0, 0.1) is 11.7 Å². The van der Waals surface area contributed by atoms with Crippen LogP contribution in [0.1, 0.15) is 24.8 Å². The second kappa shape index (κ2) is 6.12. The molecule has 2 heterocycles. The van der Waals surface area contributed by atoms with Crippen LogP contribution in [0.4, 0.5) is 4.39 Å². The molecule has 2 unspecified atom stereocenters. The van der Waals surface area contributed by atoms with Gasteiger partial charge in [-0.05, 0) is 72.9 Å². The molecule has 3 rings (SSSR count). The zero-order valence-corrected chi connectivity index (χ0v) is 13.6. The summed E-state index contributed by atoms with van der Waals surface area (Å²) in [6, 6.07) is 6.09. The fourth-order valence-electron chi connectivity index (χ4n) is 3.78.